The number of pyridine rings is 1. The van der Waals surface area contributed by atoms with Gasteiger partial charge in [0, 0.05) is 23.7 Å². The van der Waals surface area contributed by atoms with E-state index in [1.165, 1.54) is 12.8 Å². The van der Waals surface area contributed by atoms with E-state index in [0.717, 1.165) is 64.3 Å². The van der Waals surface area contributed by atoms with Crippen molar-refractivity contribution in [3.8, 4) is 17.5 Å². The van der Waals surface area contributed by atoms with Gasteiger partial charge in [0.05, 0.1) is 36.6 Å². The van der Waals surface area contributed by atoms with Gasteiger partial charge < -0.3 is 14.2 Å². The van der Waals surface area contributed by atoms with Crippen molar-refractivity contribution in [3.63, 3.8) is 0 Å². The smallest absolute Gasteiger partial charge is 0.242 e. The normalized spacial score (nSPS) is 24.1. The zero-order valence-corrected chi connectivity index (χ0v) is 21.1. The van der Waals surface area contributed by atoms with Crippen LogP contribution in [0, 0.1) is 11.8 Å². The molecule has 186 valence electrons. The number of piperidine rings is 3. The number of nitrogens with zero attached hydrogens (tertiary/aromatic N) is 4. The number of fused-ring (bicyclic) bond motifs is 5. The molecular weight excluding hydrogens is 452 g/mol. The van der Waals surface area contributed by atoms with Crippen molar-refractivity contribution in [2.24, 2.45) is 11.8 Å². The molecule has 3 aliphatic rings. The Kier molecular flexibility index (Phi) is 6.09. The minimum absolute atomic E-state index is 0.227. The number of hydrogen-bond donors (Lipinski definition) is 0. The predicted octanol–water partition coefficient (Wildman–Crippen LogP) is 5.44. The Bertz CT molecular complexity index is 1390. The lowest BCUT2D eigenvalue weighted by molar-refractivity contribution is -0.0491. The molecule has 5 heterocycles. The van der Waals surface area contributed by atoms with Crippen LogP contribution in [0.1, 0.15) is 37.9 Å². The fourth-order valence-corrected chi connectivity index (χ4v) is 6.24. The third-order valence-corrected chi connectivity index (χ3v) is 8.15. The van der Waals surface area contributed by atoms with Gasteiger partial charge >= 0.3 is 0 Å². The molecule has 0 saturated carbocycles. The maximum atomic E-state index is 6.92. The van der Waals surface area contributed by atoms with E-state index in [1.54, 1.807) is 14.2 Å². The van der Waals surface area contributed by atoms with Crippen LogP contribution in [0.15, 0.2) is 54.7 Å². The molecule has 3 saturated heterocycles. The number of benzene rings is 2. The first-order valence-corrected chi connectivity index (χ1v) is 12.8. The Morgan fingerprint density at radius 1 is 0.972 bits per heavy atom. The van der Waals surface area contributed by atoms with Crippen LogP contribution in [0.4, 0.5) is 0 Å². The molecule has 0 radical (unpaired) electrons. The highest BCUT2D eigenvalue weighted by Crippen LogP contribution is 2.45. The summed E-state index contributed by atoms with van der Waals surface area (Å²) >= 11 is 0. The molecule has 3 aliphatic heterocycles. The highest BCUT2D eigenvalue weighted by molar-refractivity contribution is 5.90. The van der Waals surface area contributed by atoms with Crippen molar-refractivity contribution in [1.82, 2.24) is 20.1 Å². The Balaban J connectivity index is 1.49. The quantitative estimate of drug-likeness (QED) is 0.346. The van der Waals surface area contributed by atoms with Gasteiger partial charge in [0.25, 0.3) is 0 Å². The summed E-state index contributed by atoms with van der Waals surface area (Å²) in [6.07, 6.45) is 5.25. The van der Waals surface area contributed by atoms with Crippen LogP contribution in [0.25, 0.3) is 21.7 Å². The fraction of sp³-hybridized carbons (Fsp3) is 0.414. The molecule has 2 bridgehead atoms. The van der Waals surface area contributed by atoms with Gasteiger partial charge in [0.15, 0.2) is 0 Å². The molecule has 7 heteroatoms. The summed E-state index contributed by atoms with van der Waals surface area (Å²) in [7, 11) is 3.31. The molecule has 36 heavy (non-hydrogen) atoms. The van der Waals surface area contributed by atoms with Crippen LogP contribution in [0.5, 0.6) is 17.5 Å². The standard InChI is InChI=1S/C29H32N4O3/c1-4-18-17-33-14-12-19(18)15-26(33)27(21-11-13-30-25-10-9-20(34-2)16-24(21)25)36-29-23-8-6-5-7-22(23)28(35-3)31-32-29/h5-11,13,16,18-19,26-27H,4,12,14-15,17H2,1-3H3. The highest BCUT2D eigenvalue weighted by atomic mass is 16.5. The van der Waals surface area contributed by atoms with Crippen molar-refractivity contribution in [3.05, 3.63) is 60.3 Å². The first-order valence-electron chi connectivity index (χ1n) is 12.8. The van der Waals surface area contributed by atoms with Crippen molar-refractivity contribution in [2.45, 2.75) is 38.3 Å². The molecular formula is C29H32N4O3. The summed E-state index contributed by atoms with van der Waals surface area (Å²) in [6.45, 7) is 4.54. The Labute approximate surface area is 211 Å². The molecule has 2 aromatic carbocycles. The van der Waals surface area contributed by atoms with E-state index in [9.17, 15) is 0 Å². The second-order valence-electron chi connectivity index (χ2n) is 9.90. The van der Waals surface area contributed by atoms with Gasteiger partial charge in [-0.25, -0.2) is 0 Å². The summed E-state index contributed by atoms with van der Waals surface area (Å²) in [5, 5.41) is 11.7. The average molecular weight is 485 g/mol. The van der Waals surface area contributed by atoms with E-state index in [1.807, 2.05) is 42.6 Å². The third kappa shape index (κ3) is 3.91. The Morgan fingerprint density at radius 2 is 1.78 bits per heavy atom. The monoisotopic (exact) mass is 484 g/mol. The minimum atomic E-state index is -0.227. The maximum Gasteiger partial charge on any atom is 0.242 e. The third-order valence-electron chi connectivity index (χ3n) is 8.15. The molecule has 0 aliphatic carbocycles. The second kappa shape index (κ2) is 9.54. The highest BCUT2D eigenvalue weighted by Gasteiger charge is 2.44. The van der Waals surface area contributed by atoms with E-state index in [2.05, 4.69) is 39.1 Å². The van der Waals surface area contributed by atoms with Crippen molar-refractivity contribution < 1.29 is 14.2 Å². The minimum Gasteiger partial charge on any atom is -0.497 e. The number of methoxy groups -OCH3 is 2. The van der Waals surface area contributed by atoms with E-state index < -0.39 is 0 Å². The molecule has 0 amide bonds. The second-order valence-corrected chi connectivity index (χ2v) is 9.90. The molecule has 5 unspecified atom stereocenters. The van der Waals surface area contributed by atoms with Gasteiger partial charge in [-0.2, -0.15) is 0 Å². The van der Waals surface area contributed by atoms with Gasteiger partial charge in [-0.1, -0.05) is 25.5 Å². The lowest BCUT2D eigenvalue weighted by atomic mass is 9.72. The Morgan fingerprint density at radius 3 is 2.50 bits per heavy atom. The zero-order chi connectivity index (χ0) is 24.6. The van der Waals surface area contributed by atoms with E-state index in [4.69, 9.17) is 14.2 Å². The van der Waals surface area contributed by atoms with E-state index in [0.29, 0.717) is 11.8 Å². The summed E-state index contributed by atoms with van der Waals surface area (Å²) in [5.74, 6) is 3.31. The number of ether oxygens (including phenoxy) is 3. The van der Waals surface area contributed by atoms with Crippen molar-refractivity contribution in [1.29, 1.82) is 0 Å². The lowest BCUT2D eigenvalue weighted by Gasteiger charge is -2.51. The first-order chi connectivity index (χ1) is 17.7. The van der Waals surface area contributed by atoms with Crippen molar-refractivity contribution in [2.75, 3.05) is 27.3 Å². The number of aromatic nitrogens is 3. The van der Waals surface area contributed by atoms with Crippen LogP contribution in [0.3, 0.4) is 0 Å². The summed E-state index contributed by atoms with van der Waals surface area (Å²) in [6, 6.07) is 16.4. The molecule has 0 N–H and O–H groups in total. The predicted molar refractivity (Wildman–Crippen MR) is 140 cm³/mol. The fourth-order valence-electron chi connectivity index (χ4n) is 6.24. The zero-order valence-electron chi connectivity index (χ0n) is 21.1. The average Bonchev–Trinajstić information content (AvgIpc) is 2.95. The van der Waals surface area contributed by atoms with E-state index >= 15 is 0 Å². The topological polar surface area (TPSA) is 69.6 Å². The van der Waals surface area contributed by atoms with Crippen LogP contribution in [-0.4, -0.2) is 53.4 Å². The summed E-state index contributed by atoms with van der Waals surface area (Å²) < 4.78 is 18.0. The first kappa shape index (κ1) is 23.0. The van der Waals surface area contributed by atoms with Crippen LogP contribution in [0.2, 0.25) is 0 Å². The van der Waals surface area contributed by atoms with Gasteiger partial charge in [0.1, 0.15) is 11.9 Å². The lowest BCUT2D eigenvalue weighted by Crippen LogP contribution is -2.56. The molecule has 3 fully saturated rings. The van der Waals surface area contributed by atoms with Gasteiger partial charge in [-0.3, -0.25) is 9.88 Å². The molecule has 0 spiro atoms. The molecule has 5 atom stereocenters. The molecule has 2 aromatic heterocycles. The number of hydrogen-bond acceptors (Lipinski definition) is 7. The van der Waals surface area contributed by atoms with Crippen molar-refractivity contribution >= 4 is 21.7 Å². The SMILES string of the molecule is CCC1CN2CCC1CC2C(Oc1nnc(OC)c2ccccc12)c1ccnc2ccc(OC)cc12. The van der Waals surface area contributed by atoms with Gasteiger partial charge in [-0.05, 0) is 67.6 Å². The van der Waals surface area contributed by atoms with Gasteiger partial charge in [-0.15, -0.1) is 10.2 Å². The maximum absolute atomic E-state index is 6.92. The van der Waals surface area contributed by atoms with Crippen LogP contribution in [-0.2, 0) is 0 Å². The molecule has 7 rings (SSSR count). The van der Waals surface area contributed by atoms with Crippen LogP contribution < -0.4 is 14.2 Å². The number of rotatable bonds is 7. The van der Waals surface area contributed by atoms with E-state index in [-0.39, 0.29) is 12.1 Å². The largest absolute Gasteiger partial charge is 0.497 e. The van der Waals surface area contributed by atoms with Gasteiger partial charge in [0.2, 0.25) is 11.8 Å². The summed E-state index contributed by atoms with van der Waals surface area (Å²) in [4.78, 5) is 7.26. The molecule has 4 aromatic rings. The Hall–Kier alpha value is -3.45. The molecule has 7 nitrogen and oxygen atoms in total. The summed E-state index contributed by atoms with van der Waals surface area (Å²) in [5.41, 5.74) is 2.03. The van der Waals surface area contributed by atoms with Crippen LogP contribution >= 0.6 is 0 Å².